The molecule has 6 heteroatoms. The van der Waals surface area contributed by atoms with E-state index in [4.69, 9.17) is 4.42 Å². The number of carbonyl (C=O) groups excluding carboxylic acids is 2. The van der Waals surface area contributed by atoms with Gasteiger partial charge in [-0.2, -0.15) is 0 Å². The molecule has 128 valence electrons. The zero-order chi connectivity index (χ0) is 17.1. The molecule has 1 aliphatic heterocycles. The summed E-state index contributed by atoms with van der Waals surface area (Å²) >= 11 is 1.44. The van der Waals surface area contributed by atoms with Crippen LogP contribution in [0.5, 0.6) is 0 Å². The van der Waals surface area contributed by atoms with Crippen molar-refractivity contribution in [2.45, 2.75) is 25.8 Å². The molecule has 2 aromatic heterocycles. The third kappa shape index (κ3) is 3.38. The first kappa shape index (κ1) is 16.8. The second-order valence-corrected chi connectivity index (χ2v) is 7.16. The van der Waals surface area contributed by atoms with Crippen LogP contribution >= 0.6 is 11.3 Å². The zero-order valence-electron chi connectivity index (χ0n) is 14.0. The van der Waals surface area contributed by atoms with Crippen LogP contribution < -0.4 is 0 Å². The van der Waals surface area contributed by atoms with Gasteiger partial charge in [0.05, 0.1) is 23.1 Å². The predicted molar refractivity (Wildman–Crippen MR) is 92.8 cm³/mol. The molecule has 2 aromatic rings. The Labute approximate surface area is 145 Å². The van der Waals surface area contributed by atoms with Gasteiger partial charge in [-0.3, -0.25) is 9.59 Å². The summed E-state index contributed by atoms with van der Waals surface area (Å²) in [5.74, 6) is 0.727. The summed E-state index contributed by atoms with van der Waals surface area (Å²) in [4.78, 5) is 29.6. The lowest BCUT2D eigenvalue weighted by Crippen LogP contribution is -2.46. The van der Waals surface area contributed by atoms with Crippen LogP contribution in [0.1, 0.15) is 41.2 Å². The number of furan rings is 1. The van der Waals surface area contributed by atoms with Crippen molar-refractivity contribution in [2.24, 2.45) is 5.92 Å². The first-order valence-corrected chi connectivity index (χ1v) is 9.08. The molecule has 24 heavy (non-hydrogen) atoms. The molecule has 0 saturated carbocycles. The van der Waals surface area contributed by atoms with Gasteiger partial charge in [0.25, 0.3) is 5.91 Å². The first-order chi connectivity index (χ1) is 11.6. The number of carbonyl (C=O) groups is 2. The van der Waals surface area contributed by atoms with Crippen LogP contribution in [-0.4, -0.2) is 41.8 Å². The van der Waals surface area contributed by atoms with Crippen LogP contribution in [0.2, 0.25) is 0 Å². The summed E-state index contributed by atoms with van der Waals surface area (Å²) in [5.41, 5.74) is 0. The smallest absolute Gasteiger partial charge is 0.263 e. The van der Waals surface area contributed by atoms with E-state index >= 15 is 0 Å². The highest BCUT2D eigenvalue weighted by Crippen LogP contribution is 2.26. The Balaban J connectivity index is 1.65. The van der Waals surface area contributed by atoms with Gasteiger partial charge >= 0.3 is 0 Å². The lowest BCUT2D eigenvalue weighted by molar-refractivity contribution is -0.137. The standard InChI is InChI=1S/C18H22N2O3S/c1-13(15-7-4-10-23-15)19(2)17(21)14-6-3-9-20(12-14)18(22)16-8-5-11-24-16/h4-5,7-8,10-11,13-14H,3,6,9,12H2,1-2H3. The maximum atomic E-state index is 12.8. The monoisotopic (exact) mass is 346 g/mol. The summed E-state index contributed by atoms with van der Waals surface area (Å²) in [6.45, 7) is 3.16. The van der Waals surface area contributed by atoms with E-state index in [-0.39, 0.29) is 23.8 Å². The van der Waals surface area contributed by atoms with Gasteiger partial charge in [0, 0.05) is 20.1 Å². The van der Waals surface area contributed by atoms with E-state index in [9.17, 15) is 9.59 Å². The second-order valence-electron chi connectivity index (χ2n) is 6.21. The number of hydrogen-bond donors (Lipinski definition) is 0. The molecule has 2 amide bonds. The minimum absolute atomic E-state index is 0.0317. The Bertz CT molecular complexity index is 681. The highest BCUT2D eigenvalue weighted by Gasteiger charge is 2.32. The second kappa shape index (κ2) is 7.21. The van der Waals surface area contributed by atoms with Gasteiger partial charge in [-0.15, -0.1) is 11.3 Å². The van der Waals surface area contributed by atoms with Gasteiger partial charge in [0.2, 0.25) is 5.91 Å². The third-order valence-corrected chi connectivity index (χ3v) is 5.53. The molecule has 0 aliphatic carbocycles. The van der Waals surface area contributed by atoms with E-state index in [1.54, 1.807) is 18.2 Å². The first-order valence-electron chi connectivity index (χ1n) is 8.20. The van der Waals surface area contributed by atoms with Crippen LogP contribution in [0.15, 0.2) is 40.3 Å². The summed E-state index contributed by atoms with van der Waals surface area (Å²) in [6, 6.07) is 7.30. The minimum Gasteiger partial charge on any atom is -0.467 e. The molecule has 5 nitrogen and oxygen atoms in total. The topological polar surface area (TPSA) is 53.8 Å². The van der Waals surface area contributed by atoms with Crippen LogP contribution in [-0.2, 0) is 4.79 Å². The Morgan fingerprint density at radius 2 is 2.21 bits per heavy atom. The molecule has 2 unspecified atom stereocenters. The number of piperidine rings is 1. The van der Waals surface area contributed by atoms with E-state index in [1.807, 2.05) is 41.5 Å². The van der Waals surface area contributed by atoms with Crippen molar-refractivity contribution in [3.05, 3.63) is 46.5 Å². The molecular weight excluding hydrogens is 324 g/mol. The van der Waals surface area contributed by atoms with Crippen LogP contribution in [0.25, 0.3) is 0 Å². The quantitative estimate of drug-likeness (QED) is 0.852. The molecule has 3 rings (SSSR count). The number of nitrogens with zero attached hydrogens (tertiary/aromatic N) is 2. The molecule has 1 aliphatic rings. The molecule has 0 spiro atoms. The Kier molecular flexibility index (Phi) is 5.04. The molecular formula is C18H22N2O3S. The minimum atomic E-state index is -0.148. The molecule has 0 aromatic carbocycles. The normalized spacial score (nSPS) is 19.1. The zero-order valence-corrected chi connectivity index (χ0v) is 14.8. The average Bonchev–Trinajstić information content (AvgIpc) is 3.32. The average molecular weight is 346 g/mol. The Morgan fingerprint density at radius 1 is 1.38 bits per heavy atom. The lowest BCUT2D eigenvalue weighted by Gasteiger charge is -2.35. The summed E-state index contributed by atoms with van der Waals surface area (Å²) < 4.78 is 5.41. The van der Waals surface area contributed by atoms with E-state index < -0.39 is 0 Å². The Morgan fingerprint density at radius 3 is 2.88 bits per heavy atom. The van der Waals surface area contributed by atoms with Crippen molar-refractivity contribution in [3.8, 4) is 0 Å². The van der Waals surface area contributed by atoms with Crippen molar-refractivity contribution in [3.63, 3.8) is 0 Å². The molecule has 0 radical (unpaired) electrons. The molecule has 0 N–H and O–H groups in total. The van der Waals surface area contributed by atoms with E-state index in [0.29, 0.717) is 6.54 Å². The fourth-order valence-electron chi connectivity index (χ4n) is 3.12. The van der Waals surface area contributed by atoms with Crippen molar-refractivity contribution >= 4 is 23.2 Å². The molecule has 3 heterocycles. The van der Waals surface area contributed by atoms with Crippen LogP contribution in [0.4, 0.5) is 0 Å². The molecule has 0 bridgehead atoms. The predicted octanol–water partition coefficient (Wildman–Crippen LogP) is 3.41. The third-order valence-electron chi connectivity index (χ3n) is 4.67. The Hall–Kier alpha value is -2.08. The number of amides is 2. The number of likely N-dealkylation sites (tertiary alicyclic amines) is 1. The maximum Gasteiger partial charge on any atom is 0.263 e. The van der Waals surface area contributed by atoms with Crippen LogP contribution in [0, 0.1) is 5.92 Å². The van der Waals surface area contributed by atoms with Crippen molar-refractivity contribution in [2.75, 3.05) is 20.1 Å². The van der Waals surface area contributed by atoms with E-state index in [1.165, 1.54) is 11.3 Å². The van der Waals surface area contributed by atoms with Crippen LogP contribution in [0.3, 0.4) is 0 Å². The summed E-state index contributed by atoms with van der Waals surface area (Å²) in [5, 5.41) is 1.90. The van der Waals surface area contributed by atoms with Gasteiger partial charge in [0.1, 0.15) is 5.76 Å². The van der Waals surface area contributed by atoms with Gasteiger partial charge in [0.15, 0.2) is 0 Å². The SMILES string of the molecule is CC(c1ccco1)N(C)C(=O)C1CCCN(C(=O)c2cccs2)C1. The van der Waals surface area contributed by atoms with E-state index in [2.05, 4.69) is 0 Å². The number of thiophene rings is 1. The van der Waals surface area contributed by atoms with Gasteiger partial charge in [-0.1, -0.05) is 6.07 Å². The van der Waals surface area contributed by atoms with Crippen molar-refractivity contribution in [1.29, 1.82) is 0 Å². The van der Waals surface area contributed by atoms with Crippen molar-refractivity contribution < 1.29 is 14.0 Å². The highest BCUT2D eigenvalue weighted by molar-refractivity contribution is 7.12. The fraction of sp³-hybridized carbons (Fsp3) is 0.444. The van der Waals surface area contributed by atoms with Gasteiger partial charge in [-0.25, -0.2) is 0 Å². The molecule has 1 fully saturated rings. The number of hydrogen-bond acceptors (Lipinski definition) is 4. The molecule has 2 atom stereocenters. The van der Waals surface area contributed by atoms with Gasteiger partial charge in [-0.05, 0) is 43.3 Å². The summed E-state index contributed by atoms with van der Waals surface area (Å²) in [6.07, 6.45) is 3.30. The molecule has 1 saturated heterocycles. The highest BCUT2D eigenvalue weighted by atomic mass is 32.1. The fourth-order valence-corrected chi connectivity index (χ4v) is 3.81. The van der Waals surface area contributed by atoms with Crippen molar-refractivity contribution in [1.82, 2.24) is 9.80 Å². The number of rotatable bonds is 4. The van der Waals surface area contributed by atoms with E-state index in [0.717, 1.165) is 30.0 Å². The lowest BCUT2D eigenvalue weighted by atomic mass is 9.95. The largest absolute Gasteiger partial charge is 0.467 e. The maximum absolute atomic E-state index is 12.8. The summed E-state index contributed by atoms with van der Waals surface area (Å²) in [7, 11) is 1.80. The van der Waals surface area contributed by atoms with Gasteiger partial charge < -0.3 is 14.2 Å².